The van der Waals surface area contributed by atoms with E-state index in [0.717, 1.165) is 24.1 Å². The van der Waals surface area contributed by atoms with E-state index in [1.807, 2.05) is 0 Å². The Bertz CT molecular complexity index is 297. The van der Waals surface area contributed by atoms with Gasteiger partial charge in [0.25, 0.3) is 0 Å². The van der Waals surface area contributed by atoms with Crippen LogP contribution in [0.2, 0.25) is 0 Å². The summed E-state index contributed by atoms with van der Waals surface area (Å²) in [6.07, 6.45) is 3.60. The number of unbranched alkanes of at least 4 members (excludes halogenated alkanes) is 2. The van der Waals surface area contributed by atoms with Crippen molar-refractivity contribution in [3.8, 4) is 5.75 Å². The quantitative estimate of drug-likeness (QED) is 0.555. The molecule has 0 saturated heterocycles. The minimum atomic E-state index is 0.830. The van der Waals surface area contributed by atoms with Gasteiger partial charge in [0.2, 0.25) is 0 Å². The molecule has 0 unspecified atom stereocenters. The Morgan fingerprint density at radius 2 is 1.93 bits per heavy atom. The van der Waals surface area contributed by atoms with Crippen LogP contribution in [0.1, 0.15) is 30.4 Å². The molecule has 0 aliphatic rings. The monoisotopic (exact) mass is 270 g/mol. The van der Waals surface area contributed by atoms with Crippen LogP contribution in [0.15, 0.2) is 18.2 Å². The molecule has 0 aliphatic carbocycles. The number of ether oxygens (including phenoxy) is 1. The average molecular weight is 271 g/mol. The summed E-state index contributed by atoms with van der Waals surface area (Å²) in [5.74, 6) is 1.03. The Balaban J connectivity index is 2.31. The lowest BCUT2D eigenvalue weighted by Gasteiger charge is -2.09. The Kier molecular flexibility index (Phi) is 5.77. The minimum Gasteiger partial charge on any atom is -0.493 e. The maximum absolute atomic E-state index is 5.72. The zero-order valence-electron chi connectivity index (χ0n) is 9.55. The number of hydrogen-bond acceptors (Lipinski definition) is 1. The summed E-state index contributed by atoms with van der Waals surface area (Å²) in [6.45, 7) is 5.03. The van der Waals surface area contributed by atoms with Crippen LogP contribution >= 0.6 is 15.9 Å². The van der Waals surface area contributed by atoms with Crippen LogP contribution in [-0.2, 0) is 0 Å². The molecular weight excluding hydrogens is 252 g/mol. The van der Waals surface area contributed by atoms with Gasteiger partial charge in [-0.25, -0.2) is 0 Å². The first-order chi connectivity index (χ1) is 7.24. The number of benzene rings is 1. The van der Waals surface area contributed by atoms with Gasteiger partial charge < -0.3 is 4.74 Å². The molecule has 1 nitrogen and oxygen atoms in total. The fourth-order valence-electron chi connectivity index (χ4n) is 1.52. The summed E-state index contributed by atoms with van der Waals surface area (Å²) in [5, 5.41) is 1.09. The summed E-state index contributed by atoms with van der Waals surface area (Å²) < 4.78 is 5.72. The molecule has 0 saturated carbocycles. The molecule has 84 valence electrons. The van der Waals surface area contributed by atoms with E-state index >= 15 is 0 Å². The molecule has 0 aliphatic heterocycles. The van der Waals surface area contributed by atoms with Crippen molar-refractivity contribution in [1.29, 1.82) is 0 Å². The van der Waals surface area contributed by atoms with Crippen LogP contribution in [0.3, 0.4) is 0 Å². The second-order valence-electron chi connectivity index (χ2n) is 3.87. The third-order valence-corrected chi connectivity index (χ3v) is 2.93. The van der Waals surface area contributed by atoms with Gasteiger partial charge >= 0.3 is 0 Å². The maximum atomic E-state index is 5.72. The highest BCUT2D eigenvalue weighted by Gasteiger charge is 1.98. The van der Waals surface area contributed by atoms with Crippen molar-refractivity contribution in [3.05, 3.63) is 29.3 Å². The first-order valence-corrected chi connectivity index (χ1v) is 6.62. The normalized spacial score (nSPS) is 10.3. The third-order valence-electron chi connectivity index (χ3n) is 2.37. The van der Waals surface area contributed by atoms with E-state index in [-0.39, 0.29) is 0 Å². The van der Waals surface area contributed by atoms with Gasteiger partial charge in [-0.1, -0.05) is 33.6 Å². The van der Waals surface area contributed by atoms with Crippen molar-refractivity contribution in [1.82, 2.24) is 0 Å². The number of hydrogen-bond donors (Lipinski definition) is 0. The molecule has 0 heterocycles. The maximum Gasteiger partial charge on any atom is 0.122 e. The Morgan fingerprint density at radius 1 is 1.13 bits per heavy atom. The van der Waals surface area contributed by atoms with Crippen molar-refractivity contribution >= 4 is 15.9 Å². The SMILES string of the molecule is Cc1ccc(OCCCCCBr)c(C)c1. The number of rotatable bonds is 6. The predicted octanol–water partition coefficient (Wildman–Crippen LogP) is 4.25. The Labute approximate surface area is 101 Å². The lowest BCUT2D eigenvalue weighted by molar-refractivity contribution is 0.304. The van der Waals surface area contributed by atoms with E-state index in [2.05, 4.69) is 48.0 Å². The summed E-state index contributed by atoms with van der Waals surface area (Å²) in [7, 11) is 0. The van der Waals surface area contributed by atoms with E-state index in [4.69, 9.17) is 4.74 Å². The van der Waals surface area contributed by atoms with E-state index in [1.54, 1.807) is 0 Å². The van der Waals surface area contributed by atoms with Gasteiger partial charge in [-0.05, 0) is 44.7 Å². The fourth-order valence-corrected chi connectivity index (χ4v) is 1.91. The van der Waals surface area contributed by atoms with E-state index in [0.29, 0.717) is 0 Å². The molecule has 1 aromatic rings. The standard InChI is InChI=1S/C13H19BrO/c1-11-6-7-13(12(2)10-11)15-9-5-3-4-8-14/h6-7,10H,3-5,8-9H2,1-2H3. The third kappa shape index (κ3) is 4.70. The van der Waals surface area contributed by atoms with E-state index in [9.17, 15) is 0 Å². The first-order valence-electron chi connectivity index (χ1n) is 5.50. The van der Waals surface area contributed by atoms with Gasteiger partial charge in [0.05, 0.1) is 6.61 Å². The van der Waals surface area contributed by atoms with Crippen LogP contribution in [0.25, 0.3) is 0 Å². The summed E-state index contributed by atoms with van der Waals surface area (Å²) in [4.78, 5) is 0. The van der Waals surface area contributed by atoms with Crippen LogP contribution in [0.5, 0.6) is 5.75 Å². The molecule has 15 heavy (non-hydrogen) atoms. The van der Waals surface area contributed by atoms with Crippen molar-refractivity contribution in [2.45, 2.75) is 33.1 Å². The van der Waals surface area contributed by atoms with Crippen LogP contribution < -0.4 is 4.74 Å². The molecule has 2 heteroatoms. The number of aryl methyl sites for hydroxylation is 2. The highest BCUT2D eigenvalue weighted by molar-refractivity contribution is 9.09. The molecule has 0 fully saturated rings. The molecule has 0 amide bonds. The second-order valence-corrected chi connectivity index (χ2v) is 4.66. The summed E-state index contributed by atoms with van der Waals surface area (Å²) >= 11 is 3.43. The molecule has 0 N–H and O–H groups in total. The summed E-state index contributed by atoms with van der Waals surface area (Å²) in [6, 6.07) is 6.32. The average Bonchev–Trinajstić information content (AvgIpc) is 2.20. The van der Waals surface area contributed by atoms with Crippen molar-refractivity contribution in [3.63, 3.8) is 0 Å². The predicted molar refractivity (Wildman–Crippen MR) is 69.1 cm³/mol. The second kappa shape index (κ2) is 6.89. The molecule has 0 bridgehead atoms. The van der Waals surface area contributed by atoms with Gasteiger partial charge in [0, 0.05) is 5.33 Å². The largest absolute Gasteiger partial charge is 0.493 e. The van der Waals surface area contributed by atoms with Gasteiger partial charge in [0.15, 0.2) is 0 Å². The first kappa shape index (κ1) is 12.6. The van der Waals surface area contributed by atoms with E-state index < -0.39 is 0 Å². The fraction of sp³-hybridized carbons (Fsp3) is 0.538. The van der Waals surface area contributed by atoms with Crippen LogP contribution in [0, 0.1) is 13.8 Å². The highest BCUT2D eigenvalue weighted by atomic mass is 79.9. The molecule has 0 spiro atoms. The molecular formula is C13H19BrO. The van der Waals surface area contributed by atoms with Crippen LogP contribution in [-0.4, -0.2) is 11.9 Å². The van der Waals surface area contributed by atoms with Gasteiger partial charge in [-0.2, -0.15) is 0 Å². The number of halogens is 1. The van der Waals surface area contributed by atoms with Crippen molar-refractivity contribution < 1.29 is 4.74 Å². The van der Waals surface area contributed by atoms with E-state index in [1.165, 1.54) is 24.0 Å². The number of alkyl halides is 1. The molecule has 0 radical (unpaired) electrons. The molecule has 1 aromatic carbocycles. The lowest BCUT2D eigenvalue weighted by Crippen LogP contribution is -1.99. The Hall–Kier alpha value is -0.500. The van der Waals surface area contributed by atoms with Gasteiger partial charge in [-0.3, -0.25) is 0 Å². The van der Waals surface area contributed by atoms with Gasteiger partial charge in [0.1, 0.15) is 5.75 Å². The molecule has 0 aromatic heterocycles. The Morgan fingerprint density at radius 3 is 2.60 bits per heavy atom. The van der Waals surface area contributed by atoms with Gasteiger partial charge in [-0.15, -0.1) is 0 Å². The minimum absolute atomic E-state index is 0.830. The topological polar surface area (TPSA) is 9.23 Å². The van der Waals surface area contributed by atoms with Crippen LogP contribution in [0.4, 0.5) is 0 Å². The highest BCUT2D eigenvalue weighted by Crippen LogP contribution is 2.18. The zero-order chi connectivity index (χ0) is 11.1. The zero-order valence-corrected chi connectivity index (χ0v) is 11.1. The van der Waals surface area contributed by atoms with Crippen molar-refractivity contribution in [2.75, 3.05) is 11.9 Å². The smallest absolute Gasteiger partial charge is 0.122 e. The van der Waals surface area contributed by atoms with Crippen molar-refractivity contribution in [2.24, 2.45) is 0 Å². The molecule has 1 rings (SSSR count). The summed E-state index contributed by atoms with van der Waals surface area (Å²) in [5.41, 5.74) is 2.52. The lowest BCUT2D eigenvalue weighted by atomic mass is 10.1. The molecule has 0 atom stereocenters.